The van der Waals surface area contributed by atoms with E-state index in [0.717, 1.165) is 22.3 Å². The largest absolute Gasteiger partial charge is 0.251 e. The number of hydrogen-bond donors (Lipinski definition) is 1. The molecule has 0 aliphatic heterocycles. The molecule has 2 aromatic carbocycles. The number of hydrogen-bond acceptors (Lipinski definition) is 2. The third kappa shape index (κ3) is 2.05. The van der Waals surface area contributed by atoms with Gasteiger partial charge in [-0.25, -0.2) is 4.89 Å². The van der Waals surface area contributed by atoms with Crippen molar-refractivity contribution in [3.8, 4) is 0 Å². The molecule has 0 radical (unpaired) electrons. The van der Waals surface area contributed by atoms with Crippen LogP contribution >= 0.6 is 0 Å². The molecule has 2 heteroatoms. The lowest BCUT2D eigenvalue weighted by molar-refractivity contribution is -0.310. The van der Waals surface area contributed by atoms with E-state index >= 15 is 0 Å². The second-order valence-corrected chi connectivity index (χ2v) is 4.75. The Kier molecular flexibility index (Phi) is 3.50. The molecule has 94 valence electrons. The Bertz CT molecular complexity index is 501. The van der Waals surface area contributed by atoms with Crippen molar-refractivity contribution in [1.29, 1.82) is 0 Å². The molecule has 0 spiro atoms. The maximum absolute atomic E-state index is 9.44. The van der Waals surface area contributed by atoms with Gasteiger partial charge in [-0.3, -0.25) is 5.26 Å². The summed E-state index contributed by atoms with van der Waals surface area (Å²) >= 11 is 0. The molecule has 1 N–H and O–H groups in total. The molecule has 0 aliphatic rings. The Balaban J connectivity index is 2.63. The average Bonchev–Trinajstić information content (AvgIpc) is 2.39. The molecule has 0 heterocycles. The van der Waals surface area contributed by atoms with Crippen LogP contribution in [0.25, 0.3) is 0 Å². The van der Waals surface area contributed by atoms with Crippen LogP contribution in [-0.2, 0) is 10.5 Å². The van der Waals surface area contributed by atoms with Gasteiger partial charge in [-0.05, 0) is 43.0 Å². The van der Waals surface area contributed by atoms with E-state index < -0.39 is 5.60 Å². The Morgan fingerprint density at radius 3 is 1.56 bits per heavy atom. The Labute approximate surface area is 108 Å². The maximum Gasteiger partial charge on any atom is 0.151 e. The van der Waals surface area contributed by atoms with E-state index in [1.807, 2.05) is 69.3 Å². The van der Waals surface area contributed by atoms with Gasteiger partial charge in [-0.2, -0.15) is 0 Å². The van der Waals surface area contributed by atoms with Crippen LogP contribution in [0.2, 0.25) is 0 Å². The molecule has 0 fully saturated rings. The van der Waals surface area contributed by atoms with E-state index in [4.69, 9.17) is 4.89 Å². The fourth-order valence-electron chi connectivity index (χ4n) is 2.46. The molecule has 2 aromatic rings. The van der Waals surface area contributed by atoms with Gasteiger partial charge in [0.05, 0.1) is 0 Å². The highest BCUT2D eigenvalue weighted by atomic mass is 17.1. The van der Waals surface area contributed by atoms with Crippen molar-refractivity contribution in [1.82, 2.24) is 0 Å². The first-order valence-corrected chi connectivity index (χ1v) is 6.04. The number of benzene rings is 2. The summed E-state index contributed by atoms with van der Waals surface area (Å²) in [6.45, 7) is 5.92. The Morgan fingerprint density at radius 2 is 1.22 bits per heavy atom. The van der Waals surface area contributed by atoms with E-state index in [1.54, 1.807) is 0 Å². The minimum absolute atomic E-state index is 0.837. The van der Waals surface area contributed by atoms with Crippen molar-refractivity contribution in [3.05, 3.63) is 70.8 Å². The summed E-state index contributed by atoms with van der Waals surface area (Å²) in [5.74, 6) is 0. The van der Waals surface area contributed by atoms with Gasteiger partial charge in [0.2, 0.25) is 0 Å². The van der Waals surface area contributed by atoms with Crippen LogP contribution in [0.15, 0.2) is 48.5 Å². The van der Waals surface area contributed by atoms with E-state index in [9.17, 15) is 5.26 Å². The van der Waals surface area contributed by atoms with E-state index in [1.165, 1.54) is 0 Å². The summed E-state index contributed by atoms with van der Waals surface area (Å²) in [6.07, 6.45) is 0. The zero-order valence-corrected chi connectivity index (χ0v) is 11.0. The maximum atomic E-state index is 9.44. The smallest absolute Gasteiger partial charge is 0.151 e. The van der Waals surface area contributed by atoms with Gasteiger partial charge in [0.25, 0.3) is 0 Å². The topological polar surface area (TPSA) is 29.5 Å². The third-order valence-electron chi connectivity index (χ3n) is 3.50. The predicted molar refractivity (Wildman–Crippen MR) is 72.5 cm³/mol. The molecule has 18 heavy (non-hydrogen) atoms. The average molecular weight is 242 g/mol. The minimum atomic E-state index is -0.837. The van der Waals surface area contributed by atoms with E-state index in [0.29, 0.717) is 0 Å². The standard InChI is InChI=1S/C16H18O2/c1-12-8-4-6-10-14(12)16(3,18-17)15-11-7-5-9-13(15)2/h4-11,17H,1-3H3. The molecule has 0 atom stereocenters. The zero-order chi connectivity index (χ0) is 13.2. The fraction of sp³-hybridized carbons (Fsp3) is 0.250. The molecule has 0 unspecified atom stereocenters. The SMILES string of the molecule is Cc1ccccc1C(C)(OO)c1ccccc1C. The fourth-order valence-corrected chi connectivity index (χ4v) is 2.46. The van der Waals surface area contributed by atoms with Crippen LogP contribution in [0.1, 0.15) is 29.2 Å². The van der Waals surface area contributed by atoms with Crippen LogP contribution in [0.4, 0.5) is 0 Å². The highest BCUT2D eigenvalue weighted by Gasteiger charge is 2.33. The van der Waals surface area contributed by atoms with Crippen LogP contribution in [-0.4, -0.2) is 5.26 Å². The summed E-state index contributed by atoms with van der Waals surface area (Å²) in [5.41, 5.74) is 3.30. The molecular weight excluding hydrogens is 224 g/mol. The normalized spacial score (nSPS) is 11.6. The van der Waals surface area contributed by atoms with Crippen LogP contribution in [0, 0.1) is 13.8 Å². The molecule has 0 saturated heterocycles. The molecule has 0 saturated carbocycles. The second-order valence-electron chi connectivity index (χ2n) is 4.75. The summed E-state index contributed by atoms with van der Waals surface area (Å²) in [6, 6.07) is 15.9. The van der Waals surface area contributed by atoms with Gasteiger partial charge in [-0.15, -0.1) is 0 Å². The molecule has 0 bridgehead atoms. The van der Waals surface area contributed by atoms with Gasteiger partial charge in [0.1, 0.15) is 0 Å². The second kappa shape index (κ2) is 4.92. The van der Waals surface area contributed by atoms with E-state index in [-0.39, 0.29) is 0 Å². The van der Waals surface area contributed by atoms with Gasteiger partial charge in [0.15, 0.2) is 5.60 Å². The Hall–Kier alpha value is -1.64. The molecule has 2 nitrogen and oxygen atoms in total. The third-order valence-corrected chi connectivity index (χ3v) is 3.50. The molecule has 2 rings (SSSR count). The van der Waals surface area contributed by atoms with Crippen molar-refractivity contribution in [2.45, 2.75) is 26.4 Å². The lowest BCUT2D eigenvalue weighted by atomic mass is 9.83. The summed E-state index contributed by atoms with van der Waals surface area (Å²) in [7, 11) is 0. The van der Waals surface area contributed by atoms with Crippen LogP contribution < -0.4 is 0 Å². The lowest BCUT2D eigenvalue weighted by Crippen LogP contribution is -2.28. The first-order valence-electron chi connectivity index (χ1n) is 6.04. The van der Waals surface area contributed by atoms with Gasteiger partial charge >= 0.3 is 0 Å². The highest BCUT2D eigenvalue weighted by molar-refractivity contribution is 5.43. The monoisotopic (exact) mass is 242 g/mol. The van der Waals surface area contributed by atoms with Gasteiger partial charge in [-0.1, -0.05) is 48.5 Å². The van der Waals surface area contributed by atoms with Crippen LogP contribution in [0.5, 0.6) is 0 Å². The zero-order valence-electron chi connectivity index (χ0n) is 11.0. The summed E-state index contributed by atoms with van der Waals surface area (Å²) < 4.78 is 0. The minimum Gasteiger partial charge on any atom is -0.251 e. The molecular formula is C16H18O2. The predicted octanol–water partition coefficient (Wildman–Crippen LogP) is 4.06. The van der Waals surface area contributed by atoms with Gasteiger partial charge < -0.3 is 0 Å². The van der Waals surface area contributed by atoms with Crippen molar-refractivity contribution >= 4 is 0 Å². The van der Waals surface area contributed by atoms with Crippen molar-refractivity contribution < 1.29 is 10.1 Å². The Morgan fingerprint density at radius 1 is 0.833 bits per heavy atom. The quantitative estimate of drug-likeness (QED) is 0.649. The van der Waals surface area contributed by atoms with Crippen molar-refractivity contribution in [3.63, 3.8) is 0 Å². The van der Waals surface area contributed by atoms with Crippen LogP contribution in [0.3, 0.4) is 0 Å². The highest BCUT2D eigenvalue weighted by Crippen LogP contribution is 2.35. The summed E-state index contributed by atoms with van der Waals surface area (Å²) in [4.78, 5) is 4.87. The van der Waals surface area contributed by atoms with Gasteiger partial charge in [0, 0.05) is 0 Å². The summed E-state index contributed by atoms with van der Waals surface area (Å²) in [5, 5.41) is 9.44. The van der Waals surface area contributed by atoms with E-state index in [2.05, 4.69) is 0 Å². The lowest BCUT2D eigenvalue weighted by Gasteiger charge is -2.30. The van der Waals surface area contributed by atoms with Crippen molar-refractivity contribution in [2.75, 3.05) is 0 Å². The first kappa shape index (κ1) is 12.8. The molecule has 0 aliphatic carbocycles. The number of aryl methyl sites for hydroxylation is 2. The number of rotatable bonds is 3. The molecule has 0 aromatic heterocycles. The van der Waals surface area contributed by atoms with Crippen molar-refractivity contribution in [2.24, 2.45) is 0 Å². The first-order chi connectivity index (χ1) is 8.59. The molecule has 0 amide bonds.